The molecule has 4 nitrogen and oxygen atoms in total. The van der Waals surface area contributed by atoms with Gasteiger partial charge in [-0.3, -0.25) is 5.10 Å². The highest BCUT2D eigenvalue weighted by Gasteiger charge is 2.17. The second-order valence-electron chi connectivity index (χ2n) is 4.51. The van der Waals surface area contributed by atoms with E-state index in [-0.39, 0.29) is 5.41 Å². The van der Waals surface area contributed by atoms with Gasteiger partial charge in [-0.1, -0.05) is 20.8 Å². The molecule has 0 bridgehead atoms. The summed E-state index contributed by atoms with van der Waals surface area (Å²) in [5.74, 6) is 0. The Balaban J connectivity index is 2.37. The number of nitrogens with zero attached hydrogens (tertiary/aromatic N) is 3. The molecule has 1 N–H and O–H groups in total. The van der Waals surface area contributed by atoms with Gasteiger partial charge in [-0.05, 0) is 12.1 Å². The standard InChI is InChI=1S/C11H14N4/c1-11(2,3)10-6-9(14-15-10)8-4-5-12-7-13-8/h4-7H,1-3H3,(H,14,15). The third kappa shape index (κ3) is 2.03. The molecule has 2 aromatic heterocycles. The molecular weight excluding hydrogens is 188 g/mol. The lowest BCUT2D eigenvalue weighted by Crippen LogP contribution is -2.11. The topological polar surface area (TPSA) is 54.5 Å². The summed E-state index contributed by atoms with van der Waals surface area (Å²) >= 11 is 0. The second kappa shape index (κ2) is 3.46. The fourth-order valence-corrected chi connectivity index (χ4v) is 1.29. The summed E-state index contributed by atoms with van der Waals surface area (Å²) in [6, 6.07) is 3.89. The number of aromatic nitrogens is 4. The van der Waals surface area contributed by atoms with Gasteiger partial charge in [-0.2, -0.15) is 5.10 Å². The molecule has 0 spiro atoms. The van der Waals surface area contributed by atoms with Gasteiger partial charge in [0.05, 0.1) is 17.1 Å². The van der Waals surface area contributed by atoms with E-state index in [0.717, 1.165) is 17.1 Å². The molecule has 78 valence electrons. The molecule has 0 aliphatic rings. The van der Waals surface area contributed by atoms with Crippen LogP contribution in [0, 0.1) is 0 Å². The average molecular weight is 202 g/mol. The van der Waals surface area contributed by atoms with Crippen LogP contribution in [-0.2, 0) is 5.41 Å². The van der Waals surface area contributed by atoms with Gasteiger partial charge in [0, 0.05) is 11.6 Å². The van der Waals surface area contributed by atoms with Crippen LogP contribution >= 0.6 is 0 Å². The number of rotatable bonds is 1. The zero-order valence-corrected chi connectivity index (χ0v) is 9.15. The number of H-pyrrole nitrogens is 1. The Bertz CT molecular complexity index is 439. The summed E-state index contributed by atoms with van der Waals surface area (Å²) in [5, 5.41) is 7.27. The molecule has 0 unspecified atom stereocenters. The zero-order valence-electron chi connectivity index (χ0n) is 9.15. The Hall–Kier alpha value is -1.71. The lowest BCUT2D eigenvalue weighted by atomic mass is 9.92. The van der Waals surface area contributed by atoms with Crippen LogP contribution in [0.1, 0.15) is 26.5 Å². The van der Waals surface area contributed by atoms with E-state index >= 15 is 0 Å². The molecule has 0 saturated heterocycles. The predicted molar refractivity (Wildman–Crippen MR) is 58.3 cm³/mol. The normalized spacial score (nSPS) is 11.7. The van der Waals surface area contributed by atoms with Crippen LogP contribution in [0.2, 0.25) is 0 Å². The third-order valence-corrected chi connectivity index (χ3v) is 2.20. The van der Waals surface area contributed by atoms with E-state index in [1.54, 1.807) is 6.20 Å². The molecule has 2 rings (SSSR count). The van der Waals surface area contributed by atoms with Crippen molar-refractivity contribution in [2.24, 2.45) is 0 Å². The van der Waals surface area contributed by atoms with Gasteiger partial charge < -0.3 is 0 Å². The lowest BCUT2D eigenvalue weighted by molar-refractivity contribution is 0.567. The maximum Gasteiger partial charge on any atom is 0.116 e. The minimum absolute atomic E-state index is 0.0573. The zero-order chi connectivity index (χ0) is 10.9. The van der Waals surface area contributed by atoms with E-state index in [0.29, 0.717) is 0 Å². The van der Waals surface area contributed by atoms with Crippen LogP contribution < -0.4 is 0 Å². The highest BCUT2D eigenvalue weighted by Crippen LogP contribution is 2.23. The maximum absolute atomic E-state index is 4.28. The van der Waals surface area contributed by atoms with Crippen molar-refractivity contribution < 1.29 is 0 Å². The molecule has 0 saturated carbocycles. The predicted octanol–water partition coefficient (Wildman–Crippen LogP) is 2.16. The summed E-state index contributed by atoms with van der Waals surface area (Å²) in [6.07, 6.45) is 3.26. The van der Waals surface area contributed by atoms with Crippen molar-refractivity contribution in [2.75, 3.05) is 0 Å². The SMILES string of the molecule is CC(C)(C)c1cc(-c2ccncn2)[nH]n1. The molecule has 0 aromatic carbocycles. The van der Waals surface area contributed by atoms with Crippen molar-refractivity contribution in [2.45, 2.75) is 26.2 Å². The quantitative estimate of drug-likeness (QED) is 0.771. The van der Waals surface area contributed by atoms with Crippen LogP contribution in [0.4, 0.5) is 0 Å². The summed E-state index contributed by atoms with van der Waals surface area (Å²) in [6.45, 7) is 6.40. The third-order valence-electron chi connectivity index (χ3n) is 2.20. The van der Waals surface area contributed by atoms with Crippen molar-refractivity contribution in [3.05, 3.63) is 30.4 Å². The van der Waals surface area contributed by atoms with Crippen molar-refractivity contribution >= 4 is 0 Å². The first kappa shape index (κ1) is 9.83. The van der Waals surface area contributed by atoms with Crippen molar-refractivity contribution in [3.8, 4) is 11.4 Å². The van der Waals surface area contributed by atoms with Gasteiger partial charge in [-0.15, -0.1) is 0 Å². The molecule has 0 atom stereocenters. The van der Waals surface area contributed by atoms with Crippen molar-refractivity contribution in [3.63, 3.8) is 0 Å². The molecule has 15 heavy (non-hydrogen) atoms. The van der Waals surface area contributed by atoms with E-state index in [1.807, 2.05) is 12.1 Å². The Morgan fingerprint density at radius 1 is 1.27 bits per heavy atom. The summed E-state index contributed by atoms with van der Waals surface area (Å²) < 4.78 is 0. The van der Waals surface area contributed by atoms with Gasteiger partial charge in [-0.25, -0.2) is 9.97 Å². The summed E-state index contributed by atoms with van der Waals surface area (Å²) in [5.41, 5.74) is 2.90. The number of nitrogens with one attached hydrogen (secondary N) is 1. The Kier molecular flexibility index (Phi) is 2.26. The Labute approximate surface area is 88.8 Å². The fraction of sp³-hybridized carbons (Fsp3) is 0.364. The first-order valence-corrected chi connectivity index (χ1v) is 4.89. The summed E-state index contributed by atoms with van der Waals surface area (Å²) in [7, 11) is 0. The minimum atomic E-state index is 0.0573. The van der Waals surface area contributed by atoms with Gasteiger partial charge in [0.2, 0.25) is 0 Å². The van der Waals surface area contributed by atoms with Crippen LogP contribution in [0.15, 0.2) is 24.7 Å². The van der Waals surface area contributed by atoms with Gasteiger partial charge in [0.25, 0.3) is 0 Å². The van der Waals surface area contributed by atoms with E-state index < -0.39 is 0 Å². The maximum atomic E-state index is 4.28. The van der Waals surface area contributed by atoms with Gasteiger partial charge >= 0.3 is 0 Å². The number of aromatic amines is 1. The van der Waals surface area contributed by atoms with E-state index in [1.165, 1.54) is 6.33 Å². The molecule has 4 heteroatoms. The largest absolute Gasteiger partial charge is 0.276 e. The monoisotopic (exact) mass is 202 g/mol. The number of hydrogen-bond donors (Lipinski definition) is 1. The summed E-state index contributed by atoms with van der Waals surface area (Å²) in [4.78, 5) is 8.04. The molecular formula is C11H14N4. The number of hydrogen-bond acceptors (Lipinski definition) is 3. The molecule has 0 radical (unpaired) electrons. The fourth-order valence-electron chi connectivity index (χ4n) is 1.29. The molecule has 0 amide bonds. The van der Waals surface area contributed by atoms with Crippen molar-refractivity contribution in [1.29, 1.82) is 0 Å². The van der Waals surface area contributed by atoms with Crippen LogP contribution in [0.25, 0.3) is 11.4 Å². The first-order valence-electron chi connectivity index (χ1n) is 4.89. The molecule has 0 fully saturated rings. The Morgan fingerprint density at radius 3 is 2.60 bits per heavy atom. The van der Waals surface area contributed by atoms with Crippen LogP contribution in [0.3, 0.4) is 0 Å². The van der Waals surface area contributed by atoms with E-state index in [4.69, 9.17) is 0 Å². The highest BCUT2D eigenvalue weighted by atomic mass is 15.1. The van der Waals surface area contributed by atoms with E-state index in [9.17, 15) is 0 Å². The highest BCUT2D eigenvalue weighted by molar-refractivity contribution is 5.53. The molecule has 2 aromatic rings. The molecule has 0 aliphatic carbocycles. The minimum Gasteiger partial charge on any atom is -0.276 e. The first-order chi connectivity index (χ1) is 7.07. The smallest absolute Gasteiger partial charge is 0.116 e. The van der Waals surface area contributed by atoms with Gasteiger partial charge in [0.1, 0.15) is 6.33 Å². The van der Waals surface area contributed by atoms with E-state index in [2.05, 4.69) is 40.9 Å². The van der Waals surface area contributed by atoms with Crippen LogP contribution in [0.5, 0.6) is 0 Å². The second-order valence-corrected chi connectivity index (χ2v) is 4.51. The lowest BCUT2D eigenvalue weighted by Gasteiger charge is -2.13. The average Bonchev–Trinajstić information content (AvgIpc) is 2.67. The van der Waals surface area contributed by atoms with Crippen molar-refractivity contribution in [1.82, 2.24) is 20.2 Å². The molecule has 2 heterocycles. The van der Waals surface area contributed by atoms with Gasteiger partial charge in [0.15, 0.2) is 0 Å². The van der Waals surface area contributed by atoms with Crippen LogP contribution in [-0.4, -0.2) is 20.2 Å². The molecule has 0 aliphatic heterocycles. The Morgan fingerprint density at radius 2 is 2.07 bits per heavy atom.